The molecule has 0 aliphatic carbocycles. The molecule has 26 heavy (non-hydrogen) atoms. The number of hydrogen-bond donors (Lipinski definition) is 0. The molecule has 1 aromatic carbocycles. The summed E-state index contributed by atoms with van der Waals surface area (Å²) in [7, 11) is -2.03. The van der Waals surface area contributed by atoms with Crippen molar-refractivity contribution < 1.29 is 17.9 Å². The molecule has 1 amide bonds. The Hall–Kier alpha value is -1.60. The van der Waals surface area contributed by atoms with Crippen molar-refractivity contribution in [3.05, 3.63) is 23.8 Å². The van der Waals surface area contributed by atoms with Gasteiger partial charge in [-0.3, -0.25) is 4.79 Å². The van der Waals surface area contributed by atoms with Crippen LogP contribution in [0.3, 0.4) is 0 Å². The minimum absolute atomic E-state index is 0.121. The van der Waals surface area contributed by atoms with Crippen LogP contribution in [0.15, 0.2) is 23.1 Å². The summed E-state index contributed by atoms with van der Waals surface area (Å²) in [6.07, 6.45) is 4.75. The van der Waals surface area contributed by atoms with E-state index in [1.54, 1.807) is 25.3 Å². The summed E-state index contributed by atoms with van der Waals surface area (Å²) in [5, 5.41) is 0. The number of nitrogens with zero attached hydrogens (tertiary/aromatic N) is 2. The molecule has 0 radical (unpaired) electrons. The van der Waals surface area contributed by atoms with E-state index in [0.29, 0.717) is 12.3 Å². The van der Waals surface area contributed by atoms with Crippen LogP contribution < -0.4 is 4.74 Å². The monoisotopic (exact) mass is 380 g/mol. The van der Waals surface area contributed by atoms with Gasteiger partial charge < -0.3 is 9.64 Å². The van der Waals surface area contributed by atoms with Gasteiger partial charge in [0.05, 0.1) is 17.9 Å². The third-order valence-corrected chi connectivity index (χ3v) is 7.27. The normalized spacial score (nSPS) is 22.2. The van der Waals surface area contributed by atoms with Gasteiger partial charge in [-0.15, -0.1) is 0 Å². The second-order valence-electron chi connectivity index (χ2n) is 7.22. The summed E-state index contributed by atoms with van der Waals surface area (Å²) < 4.78 is 32.8. The lowest BCUT2D eigenvalue weighted by Crippen LogP contribution is -2.47. The summed E-state index contributed by atoms with van der Waals surface area (Å²) in [5.41, 5.74) is 0.784. The molecule has 2 heterocycles. The highest BCUT2D eigenvalue weighted by atomic mass is 32.2. The lowest BCUT2D eigenvalue weighted by Gasteiger charge is -2.35. The quantitative estimate of drug-likeness (QED) is 0.805. The molecular formula is C19H28N2O4S. The molecule has 2 aliphatic rings. The topological polar surface area (TPSA) is 66.9 Å². The first-order valence-corrected chi connectivity index (χ1v) is 10.8. The molecule has 1 aromatic rings. The van der Waals surface area contributed by atoms with Crippen molar-refractivity contribution in [3.8, 4) is 5.75 Å². The SMILES string of the molecule is COc1ccc(S(=O)(=O)N2CCC[C@H](C(=O)N3CCCCC3)C2)cc1C. The lowest BCUT2D eigenvalue weighted by atomic mass is 9.97. The fourth-order valence-corrected chi connectivity index (χ4v) is 5.50. The van der Waals surface area contributed by atoms with Crippen molar-refractivity contribution in [2.75, 3.05) is 33.3 Å². The number of methoxy groups -OCH3 is 1. The Labute approximate surface area is 156 Å². The van der Waals surface area contributed by atoms with Crippen LogP contribution in [0.5, 0.6) is 5.75 Å². The van der Waals surface area contributed by atoms with Crippen LogP contribution in [0.2, 0.25) is 0 Å². The Kier molecular flexibility index (Phi) is 5.87. The first-order chi connectivity index (χ1) is 12.4. The number of aryl methyl sites for hydroxylation is 1. The zero-order chi connectivity index (χ0) is 18.7. The van der Waals surface area contributed by atoms with Crippen LogP contribution in [0.4, 0.5) is 0 Å². The number of piperidine rings is 2. The van der Waals surface area contributed by atoms with Gasteiger partial charge in [-0.05, 0) is 62.8 Å². The molecule has 2 fully saturated rings. The fourth-order valence-electron chi connectivity index (χ4n) is 3.90. The first-order valence-electron chi connectivity index (χ1n) is 9.37. The van der Waals surface area contributed by atoms with Crippen LogP contribution in [0, 0.1) is 12.8 Å². The molecule has 0 saturated carbocycles. The summed E-state index contributed by atoms with van der Waals surface area (Å²) >= 11 is 0. The second kappa shape index (κ2) is 7.96. The van der Waals surface area contributed by atoms with E-state index in [1.165, 1.54) is 10.7 Å². The Morgan fingerprint density at radius 3 is 2.50 bits per heavy atom. The molecule has 0 N–H and O–H groups in total. The molecule has 0 aromatic heterocycles. The number of rotatable bonds is 4. The number of ether oxygens (including phenoxy) is 1. The van der Waals surface area contributed by atoms with Gasteiger partial charge in [0.2, 0.25) is 15.9 Å². The van der Waals surface area contributed by atoms with E-state index in [0.717, 1.165) is 44.3 Å². The van der Waals surface area contributed by atoms with E-state index in [-0.39, 0.29) is 23.3 Å². The predicted molar refractivity (Wildman–Crippen MR) is 99.6 cm³/mol. The molecule has 7 heteroatoms. The molecule has 2 aliphatic heterocycles. The Bertz CT molecular complexity index is 757. The van der Waals surface area contributed by atoms with Crippen molar-refractivity contribution in [1.29, 1.82) is 0 Å². The second-order valence-corrected chi connectivity index (χ2v) is 9.16. The number of carbonyl (C=O) groups excluding carboxylic acids is 1. The van der Waals surface area contributed by atoms with Crippen molar-refractivity contribution in [3.63, 3.8) is 0 Å². The summed E-state index contributed by atoms with van der Waals surface area (Å²) in [6, 6.07) is 4.91. The number of carbonyl (C=O) groups is 1. The van der Waals surface area contributed by atoms with E-state index in [1.807, 2.05) is 11.8 Å². The van der Waals surface area contributed by atoms with Gasteiger partial charge in [0.15, 0.2) is 0 Å². The Morgan fingerprint density at radius 2 is 1.85 bits per heavy atom. The molecule has 0 unspecified atom stereocenters. The summed E-state index contributed by atoms with van der Waals surface area (Å²) in [5.74, 6) is 0.562. The number of amides is 1. The van der Waals surface area contributed by atoms with Crippen molar-refractivity contribution in [2.45, 2.75) is 43.9 Å². The van der Waals surface area contributed by atoms with Crippen LogP contribution in [-0.4, -0.2) is 56.8 Å². The fraction of sp³-hybridized carbons (Fsp3) is 0.632. The highest BCUT2D eigenvalue weighted by molar-refractivity contribution is 7.89. The van der Waals surface area contributed by atoms with Gasteiger partial charge in [-0.2, -0.15) is 4.31 Å². The van der Waals surface area contributed by atoms with Gasteiger partial charge in [0, 0.05) is 26.2 Å². The average molecular weight is 381 g/mol. The van der Waals surface area contributed by atoms with Crippen LogP contribution in [0.25, 0.3) is 0 Å². The van der Waals surface area contributed by atoms with Gasteiger partial charge >= 0.3 is 0 Å². The van der Waals surface area contributed by atoms with Crippen molar-refractivity contribution >= 4 is 15.9 Å². The zero-order valence-electron chi connectivity index (χ0n) is 15.6. The van der Waals surface area contributed by atoms with Gasteiger partial charge in [0.1, 0.15) is 5.75 Å². The number of likely N-dealkylation sites (tertiary alicyclic amines) is 1. The molecule has 3 rings (SSSR count). The average Bonchev–Trinajstić information content (AvgIpc) is 2.68. The number of benzene rings is 1. The smallest absolute Gasteiger partial charge is 0.243 e. The predicted octanol–water partition coefficient (Wildman–Crippen LogP) is 2.42. The van der Waals surface area contributed by atoms with Gasteiger partial charge in [0.25, 0.3) is 0 Å². The van der Waals surface area contributed by atoms with E-state index in [9.17, 15) is 13.2 Å². The van der Waals surface area contributed by atoms with E-state index >= 15 is 0 Å². The highest BCUT2D eigenvalue weighted by Gasteiger charge is 2.35. The summed E-state index contributed by atoms with van der Waals surface area (Å²) in [6.45, 7) is 4.19. The van der Waals surface area contributed by atoms with Crippen molar-refractivity contribution in [1.82, 2.24) is 9.21 Å². The number of hydrogen-bond acceptors (Lipinski definition) is 4. The van der Waals surface area contributed by atoms with E-state index in [4.69, 9.17) is 4.74 Å². The van der Waals surface area contributed by atoms with Crippen molar-refractivity contribution in [2.24, 2.45) is 5.92 Å². The highest BCUT2D eigenvalue weighted by Crippen LogP contribution is 2.28. The largest absolute Gasteiger partial charge is 0.496 e. The van der Waals surface area contributed by atoms with Gasteiger partial charge in [-0.1, -0.05) is 0 Å². The molecule has 144 valence electrons. The van der Waals surface area contributed by atoms with Crippen LogP contribution >= 0.6 is 0 Å². The minimum Gasteiger partial charge on any atom is -0.496 e. The Balaban J connectivity index is 1.75. The third kappa shape index (κ3) is 3.88. The lowest BCUT2D eigenvalue weighted by molar-refractivity contribution is -0.137. The molecule has 0 bridgehead atoms. The molecule has 0 spiro atoms. The third-order valence-electron chi connectivity index (χ3n) is 5.41. The van der Waals surface area contributed by atoms with Crippen LogP contribution in [-0.2, 0) is 14.8 Å². The first kappa shape index (κ1) is 19.2. The van der Waals surface area contributed by atoms with Crippen LogP contribution in [0.1, 0.15) is 37.7 Å². The maximum absolute atomic E-state index is 13.0. The molecular weight excluding hydrogens is 352 g/mol. The maximum Gasteiger partial charge on any atom is 0.243 e. The minimum atomic E-state index is -3.60. The van der Waals surface area contributed by atoms with Gasteiger partial charge in [-0.25, -0.2) is 8.42 Å². The molecule has 2 saturated heterocycles. The van der Waals surface area contributed by atoms with E-state index < -0.39 is 10.0 Å². The summed E-state index contributed by atoms with van der Waals surface area (Å²) in [4.78, 5) is 15.0. The zero-order valence-corrected chi connectivity index (χ0v) is 16.4. The maximum atomic E-state index is 13.0. The standard InChI is InChI=1S/C19H28N2O4S/c1-15-13-17(8-9-18(15)25-2)26(23,24)21-12-6-7-16(14-21)19(22)20-10-4-3-5-11-20/h8-9,13,16H,3-7,10-12,14H2,1-2H3/t16-/m0/s1. The van der Waals surface area contributed by atoms with E-state index in [2.05, 4.69) is 0 Å². The Morgan fingerprint density at radius 1 is 1.12 bits per heavy atom. The molecule has 6 nitrogen and oxygen atoms in total. The number of sulfonamides is 1. The molecule has 1 atom stereocenters.